The predicted octanol–water partition coefficient (Wildman–Crippen LogP) is 6.74. The van der Waals surface area contributed by atoms with Gasteiger partial charge in [-0.05, 0) is 55.8 Å². The number of aromatic nitrogens is 4. The van der Waals surface area contributed by atoms with Crippen LogP contribution < -0.4 is 19.5 Å². The van der Waals surface area contributed by atoms with Gasteiger partial charge in [-0.2, -0.15) is 18.2 Å². The van der Waals surface area contributed by atoms with E-state index in [4.69, 9.17) is 21.1 Å². The number of alkyl halides is 3. The zero-order valence-electron chi connectivity index (χ0n) is 30.8. The maximum atomic E-state index is 12.8. The monoisotopic (exact) mass is 809 g/mol. The number of benzene rings is 2. The highest BCUT2D eigenvalue weighted by atomic mass is 35.5. The van der Waals surface area contributed by atoms with Crippen molar-refractivity contribution in [2.45, 2.75) is 39.1 Å². The Balaban J connectivity index is 1.23. The largest absolute Gasteiger partial charge is 0.491 e. The number of carbonyl (C=O) groups is 1. The molecule has 2 N–H and O–H groups in total. The Kier molecular flexibility index (Phi) is 13.1. The van der Waals surface area contributed by atoms with Crippen molar-refractivity contribution in [2.75, 3.05) is 58.3 Å². The average molecular weight is 810 g/mol. The molecule has 2 aromatic carbocycles. The number of piperazine rings is 1. The van der Waals surface area contributed by atoms with Gasteiger partial charge in [0.2, 0.25) is 0 Å². The number of hydrogen-bond donors (Lipinski definition) is 2. The molecule has 17 heteroatoms. The molecule has 0 spiro atoms. The summed E-state index contributed by atoms with van der Waals surface area (Å²) in [6.45, 7) is 7.26. The van der Waals surface area contributed by atoms with E-state index in [9.17, 15) is 23.1 Å². The van der Waals surface area contributed by atoms with Crippen molar-refractivity contribution in [1.82, 2.24) is 29.7 Å². The third kappa shape index (κ3) is 10.1. The summed E-state index contributed by atoms with van der Waals surface area (Å²) < 4.78 is 54.6. The van der Waals surface area contributed by atoms with Crippen LogP contribution in [0.15, 0.2) is 55.0 Å². The average Bonchev–Trinajstić information content (AvgIpc) is 3.54. The van der Waals surface area contributed by atoms with E-state index in [0.717, 1.165) is 54.3 Å². The Morgan fingerprint density at radius 2 is 1.84 bits per heavy atom. The van der Waals surface area contributed by atoms with Crippen LogP contribution in [0.3, 0.4) is 0 Å². The number of rotatable bonds is 15. The first kappa shape index (κ1) is 40.5. The Bertz CT molecular complexity index is 2240. The molecule has 56 heavy (non-hydrogen) atoms. The molecule has 294 valence electrons. The molecule has 1 saturated heterocycles. The van der Waals surface area contributed by atoms with Crippen molar-refractivity contribution in [3.8, 4) is 40.5 Å². The van der Waals surface area contributed by atoms with Gasteiger partial charge >= 0.3 is 18.2 Å². The third-order valence-corrected chi connectivity index (χ3v) is 10.5. The number of carboxylic acid groups (broad SMARTS) is 1. The fraction of sp³-hybridized carbons (Fsp3) is 0.359. The summed E-state index contributed by atoms with van der Waals surface area (Å²) in [5, 5.41) is 14.6. The number of likely N-dealkylation sites (N-methyl/N-ethyl adjacent to an activating group) is 1. The molecule has 5 aromatic rings. The molecule has 0 amide bonds. The summed E-state index contributed by atoms with van der Waals surface area (Å²) in [6.07, 6.45) is -1.93. The van der Waals surface area contributed by atoms with E-state index in [0.29, 0.717) is 44.7 Å². The quantitative estimate of drug-likeness (QED) is 0.109. The minimum Gasteiger partial charge on any atom is -0.491 e. The first-order valence-corrected chi connectivity index (χ1v) is 18.8. The number of halogens is 4. The number of thiophene rings is 1. The van der Waals surface area contributed by atoms with Crippen LogP contribution in [0.1, 0.15) is 28.6 Å². The molecule has 1 aliphatic rings. The molecule has 0 unspecified atom stereocenters. The van der Waals surface area contributed by atoms with Crippen molar-refractivity contribution < 1.29 is 37.3 Å². The van der Waals surface area contributed by atoms with E-state index < -0.39 is 30.8 Å². The smallest absolute Gasteiger partial charge is 0.422 e. The predicted molar refractivity (Wildman–Crippen MR) is 208 cm³/mol. The lowest BCUT2D eigenvalue weighted by atomic mass is 9.97. The number of carboxylic acids is 1. The minimum atomic E-state index is -4.55. The zero-order valence-corrected chi connectivity index (χ0v) is 32.4. The molecular weight excluding hydrogens is 771 g/mol. The van der Waals surface area contributed by atoms with Gasteiger partial charge < -0.3 is 29.5 Å². The number of hydrogen-bond acceptors (Lipinski definition) is 12. The Morgan fingerprint density at radius 1 is 1.05 bits per heavy atom. The number of anilines is 1. The third-order valence-electron chi connectivity index (χ3n) is 9.05. The molecule has 0 bridgehead atoms. The molecule has 1 aliphatic heterocycles. The van der Waals surface area contributed by atoms with Crippen LogP contribution >= 0.6 is 22.9 Å². The highest BCUT2D eigenvalue weighted by molar-refractivity contribution is 7.19. The van der Waals surface area contributed by atoms with Gasteiger partial charge in [0, 0.05) is 50.9 Å². The van der Waals surface area contributed by atoms with Crippen LogP contribution in [0.4, 0.5) is 19.0 Å². The van der Waals surface area contributed by atoms with Crippen molar-refractivity contribution in [2.24, 2.45) is 0 Å². The van der Waals surface area contributed by atoms with E-state index in [1.165, 1.54) is 29.9 Å². The normalized spacial score (nSPS) is 14.2. The fourth-order valence-corrected chi connectivity index (χ4v) is 7.40. The molecule has 0 aliphatic carbocycles. The Hall–Kier alpha value is -5.21. The van der Waals surface area contributed by atoms with Gasteiger partial charge in [-0.3, -0.25) is 4.90 Å². The van der Waals surface area contributed by atoms with E-state index in [-0.39, 0.29) is 18.7 Å². The summed E-state index contributed by atoms with van der Waals surface area (Å²) in [5.74, 6) is 6.25. The maximum Gasteiger partial charge on any atom is 0.422 e. The van der Waals surface area contributed by atoms with E-state index in [1.54, 1.807) is 31.2 Å². The number of fused-ring (bicyclic) bond motifs is 1. The van der Waals surface area contributed by atoms with Crippen LogP contribution in [0.2, 0.25) is 5.02 Å². The number of aliphatic carboxylic acids is 1. The second kappa shape index (κ2) is 18.2. The van der Waals surface area contributed by atoms with Crippen LogP contribution in [-0.2, 0) is 17.8 Å². The summed E-state index contributed by atoms with van der Waals surface area (Å²) in [5.41, 5.74) is 3.09. The molecule has 6 rings (SSSR count). The number of nitrogens with one attached hydrogen (secondary N) is 1. The van der Waals surface area contributed by atoms with Crippen molar-refractivity contribution in [3.63, 3.8) is 0 Å². The highest BCUT2D eigenvalue weighted by Gasteiger charge is 2.29. The van der Waals surface area contributed by atoms with E-state index in [2.05, 4.69) is 58.7 Å². The molecule has 1 fully saturated rings. The Labute approximate surface area is 330 Å². The molecule has 0 saturated carbocycles. The molecular formula is C39H39ClF3N7O5S. The first-order chi connectivity index (χ1) is 26.9. The van der Waals surface area contributed by atoms with Gasteiger partial charge in [-0.1, -0.05) is 41.8 Å². The van der Waals surface area contributed by atoms with Crippen molar-refractivity contribution >= 4 is 44.9 Å². The van der Waals surface area contributed by atoms with E-state index >= 15 is 0 Å². The zero-order chi connectivity index (χ0) is 39.8. The van der Waals surface area contributed by atoms with Gasteiger partial charge in [0.1, 0.15) is 47.7 Å². The second-order valence-electron chi connectivity index (χ2n) is 13.0. The van der Waals surface area contributed by atoms with Crippen molar-refractivity contribution in [3.05, 3.63) is 81.7 Å². The summed E-state index contributed by atoms with van der Waals surface area (Å²) >= 11 is 8.31. The lowest BCUT2D eigenvalue weighted by molar-refractivity contribution is -0.154. The molecule has 0 radical (unpaired) electrons. The van der Waals surface area contributed by atoms with Gasteiger partial charge in [0.25, 0.3) is 0 Å². The molecule has 3 aromatic heterocycles. The summed E-state index contributed by atoms with van der Waals surface area (Å²) in [6, 6.07) is 10.5. The molecule has 4 heterocycles. The van der Waals surface area contributed by atoms with E-state index in [1.807, 2.05) is 19.1 Å². The topological polar surface area (TPSA) is 135 Å². The number of para-hydroxylation sites is 1. The van der Waals surface area contributed by atoms with Crippen LogP contribution in [0.25, 0.3) is 21.3 Å². The fourth-order valence-electron chi connectivity index (χ4n) is 6.12. The lowest BCUT2D eigenvalue weighted by Gasteiger charge is -2.32. The van der Waals surface area contributed by atoms with Crippen LogP contribution in [-0.4, -0.2) is 106 Å². The van der Waals surface area contributed by atoms with Gasteiger partial charge in [0.15, 0.2) is 6.61 Å². The standard InChI is InChI=1S/C39H39ClF3N7O5S/c1-4-7-31-32(27-10-11-30(34(40)24(27)2)53-19-18-50-16-14-49(3)15-17-50)33-35(45-23-46-36(33)56-31)48-28(37(51)52)20-25-8-5-6-9-29(25)54-21-26-12-13-44-38(47-26)55-22-39(41,42)43/h5-6,8-13,23,28H,14-22H2,1-3H3,(H,51,52)(H,45,46,48)/t28-/m1/s1. The number of nitrogens with zero attached hydrogens (tertiary/aromatic N) is 6. The SMILES string of the molecule is CC#Cc1sc2ncnc(N[C@H](Cc3ccccc3OCc3ccnc(OCC(F)(F)F)n3)C(=O)O)c2c1-c1ccc(OCCN2CCN(C)CC2)c(Cl)c1C. The minimum absolute atomic E-state index is 0.0210. The maximum absolute atomic E-state index is 12.8. The van der Waals surface area contributed by atoms with Gasteiger partial charge in [0.05, 0.1) is 21.0 Å². The van der Waals surface area contributed by atoms with Crippen LogP contribution in [0.5, 0.6) is 17.5 Å². The summed E-state index contributed by atoms with van der Waals surface area (Å²) in [7, 11) is 2.12. The van der Waals surface area contributed by atoms with Crippen molar-refractivity contribution in [1.29, 1.82) is 0 Å². The number of ether oxygens (including phenoxy) is 3. The molecule has 1 atom stereocenters. The second-order valence-corrected chi connectivity index (χ2v) is 14.4. The van der Waals surface area contributed by atoms with Gasteiger partial charge in [-0.25, -0.2) is 19.7 Å². The molecule has 12 nitrogen and oxygen atoms in total. The first-order valence-electron chi connectivity index (χ1n) is 17.6. The Morgan fingerprint density at radius 3 is 2.59 bits per heavy atom. The highest BCUT2D eigenvalue weighted by Crippen LogP contribution is 2.45. The van der Waals surface area contributed by atoms with Gasteiger partial charge in [-0.15, -0.1) is 17.3 Å². The summed E-state index contributed by atoms with van der Waals surface area (Å²) in [4.78, 5) is 35.5. The lowest BCUT2D eigenvalue weighted by Crippen LogP contribution is -2.45. The van der Waals surface area contributed by atoms with Crippen LogP contribution in [0, 0.1) is 18.8 Å².